The van der Waals surface area contributed by atoms with Crippen LogP contribution in [0.15, 0.2) is 24.0 Å². The van der Waals surface area contributed by atoms with Crippen LogP contribution in [0, 0.1) is 5.92 Å². The van der Waals surface area contributed by atoms with Gasteiger partial charge in [0.2, 0.25) is 5.91 Å². The maximum atomic E-state index is 11.0. The number of hydrogen-bond acceptors (Lipinski definition) is 2. The molecule has 0 unspecified atom stereocenters. The molecule has 0 bridgehead atoms. The molecular weight excluding hydrogens is 212 g/mol. The van der Waals surface area contributed by atoms with E-state index >= 15 is 0 Å². The average Bonchev–Trinajstić information content (AvgIpc) is 2.65. The predicted octanol–water partition coefficient (Wildman–Crippen LogP) is 2.18. The molecule has 0 radical (unpaired) electrons. The summed E-state index contributed by atoms with van der Waals surface area (Å²) >= 11 is 0. The van der Waals surface area contributed by atoms with Crippen LogP contribution in [0.3, 0.4) is 0 Å². The molecule has 17 heavy (non-hydrogen) atoms. The van der Waals surface area contributed by atoms with Gasteiger partial charge in [-0.2, -0.15) is 0 Å². The highest BCUT2D eigenvalue weighted by Crippen LogP contribution is 2.35. The average molecular weight is 230 g/mol. The molecule has 0 spiro atoms. The molecule has 1 amide bonds. The van der Waals surface area contributed by atoms with Gasteiger partial charge in [0, 0.05) is 25.9 Å². The standard InChI is InChI=1S/C14H18N2O/c1-9(2)13-6-11-7-15-5-4-12(11)14(13)8-16-10(3)17/h4-5,7,9H,6,8H2,1-3H3,(H,16,17). The second-order valence-corrected chi connectivity index (χ2v) is 4.78. The number of carbonyl (C=O) groups excluding carboxylic acids is 1. The minimum atomic E-state index is 0.0168. The maximum absolute atomic E-state index is 11.0. The molecule has 0 aliphatic heterocycles. The van der Waals surface area contributed by atoms with E-state index in [2.05, 4.69) is 24.1 Å². The SMILES string of the molecule is CC(=O)NCC1=C(C(C)C)Cc2cnccc21. The van der Waals surface area contributed by atoms with E-state index in [1.165, 1.54) is 22.3 Å². The number of amides is 1. The van der Waals surface area contributed by atoms with Crippen molar-refractivity contribution >= 4 is 11.5 Å². The molecule has 1 aliphatic rings. The number of hydrogen-bond donors (Lipinski definition) is 1. The van der Waals surface area contributed by atoms with Crippen molar-refractivity contribution < 1.29 is 4.79 Å². The first-order valence-electron chi connectivity index (χ1n) is 5.99. The van der Waals surface area contributed by atoms with Crippen LogP contribution in [0.2, 0.25) is 0 Å². The molecule has 3 nitrogen and oxygen atoms in total. The van der Waals surface area contributed by atoms with Gasteiger partial charge in [0.25, 0.3) is 0 Å². The van der Waals surface area contributed by atoms with Crippen molar-refractivity contribution in [2.75, 3.05) is 6.54 Å². The highest BCUT2D eigenvalue weighted by Gasteiger charge is 2.22. The Labute approximate surface area is 102 Å². The van der Waals surface area contributed by atoms with Crippen molar-refractivity contribution in [3.63, 3.8) is 0 Å². The Morgan fingerprint density at radius 3 is 2.94 bits per heavy atom. The number of nitrogens with one attached hydrogen (secondary N) is 1. The number of pyridine rings is 1. The van der Waals surface area contributed by atoms with Gasteiger partial charge >= 0.3 is 0 Å². The van der Waals surface area contributed by atoms with Crippen LogP contribution >= 0.6 is 0 Å². The van der Waals surface area contributed by atoms with Crippen LogP contribution in [0.5, 0.6) is 0 Å². The molecule has 1 aromatic rings. The minimum absolute atomic E-state index is 0.0168. The number of aromatic nitrogens is 1. The first-order chi connectivity index (χ1) is 8.09. The van der Waals surface area contributed by atoms with Gasteiger partial charge in [0.15, 0.2) is 0 Å². The van der Waals surface area contributed by atoms with E-state index in [1.807, 2.05) is 18.5 Å². The number of nitrogens with zero attached hydrogens (tertiary/aromatic N) is 1. The highest BCUT2D eigenvalue weighted by molar-refractivity contribution is 5.81. The first-order valence-corrected chi connectivity index (χ1v) is 5.99. The highest BCUT2D eigenvalue weighted by atomic mass is 16.1. The summed E-state index contributed by atoms with van der Waals surface area (Å²) in [6.07, 6.45) is 4.71. The Bertz CT molecular complexity index is 475. The number of allylic oxidation sites excluding steroid dienone is 1. The molecule has 0 saturated carbocycles. The van der Waals surface area contributed by atoms with Gasteiger partial charge in [-0.3, -0.25) is 9.78 Å². The molecule has 1 N–H and O–H groups in total. The summed E-state index contributed by atoms with van der Waals surface area (Å²) in [5.74, 6) is 0.522. The minimum Gasteiger partial charge on any atom is -0.352 e. The van der Waals surface area contributed by atoms with Gasteiger partial charge in [0.1, 0.15) is 0 Å². The fraction of sp³-hybridized carbons (Fsp3) is 0.429. The Balaban J connectivity index is 2.33. The van der Waals surface area contributed by atoms with E-state index in [4.69, 9.17) is 0 Å². The molecule has 3 heteroatoms. The summed E-state index contributed by atoms with van der Waals surface area (Å²) < 4.78 is 0. The van der Waals surface area contributed by atoms with Crippen LogP contribution in [0.4, 0.5) is 0 Å². The van der Waals surface area contributed by atoms with Crippen molar-refractivity contribution in [3.05, 3.63) is 35.2 Å². The zero-order valence-electron chi connectivity index (χ0n) is 10.6. The van der Waals surface area contributed by atoms with E-state index in [0.29, 0.717) is 12.5 Å². The Morgan fingerprint density at radius 2 is 2.29 bits per heavy atom. The molecule has 0 saturated heterocycles. The van der Waals surface area contributed by atoms with Crippen LogP contribution in [-0.4, -0.2) is 17.4 Å². The van der Waals surface area contributed by atoms with Crippen LogP contribution in [-0.2, 0) is 11.2 Å². The zero-order valence-corrected chi connectivity index (χ0v) is 10.6. The van der Waals surface area contributed by atoms with Gasteiger partial charge in [-0.1, -0.05) is 19.4 Å². The summed E-state index contributed by atoms with van der Waals surface area (Å²) in [4.78, 5) is 15.2. The fourth-order valence-corrected chi connectivity index (χ4v) is 2.32. The topological polar surface area (TPSA) is 42.0 Å². The van der Waals surface area contributed by atoms with Gasteiger partial charge in [-0.25, -0.2) is 0 Å². The first kappa shape index (κ1) is 11.8. The predicted molar refractivity (Wildman–Crippen MR) is 68.4 cm³/mol. The number of rotatable bonds is 3. The van der Waals surface area contributed by atoms with E-state index in [1.54, 1.807) is 6.92 Å². The number of fused-ring (bicyclic) bond motifs is 1. The lowest BCUT2D eigenvalue weighted by molar-refractivity contribution is -0.118. The summed E-state index contributed by atoms with van der Waals surface area (Å²) in [6, 6.07) is 2.04. The second-order valence-electron chi connectivity index (χ2n) is 4.78. The third-order valence-electron chi connectivity index (χ3n) is 3.21. The molecule has 0 fully saturated rings. The van der Waals surface area contributed by atoms with Crippen molar-refractivity contribution in [2.45, 2.75) is 27.2 Å². The van der Waals surface area contributed by atoms with Crippen molar-refractivity contribution in [1.82, 2.24) is 10.3 Å². The van der Waals surface area contributed by atoms with E-state index in [9.17, 15) is 4.79 Å². The molecule has 1 heterocycles. The molecule has 1 aromatic heterocycles. The van der Waals surface area contributed by atoms with E-state index in [-0.39, 0.29) is 5.91 Å². The molecule has 0 atom stereocenters. The van der Waals surface area contributed by atoms with Gasteiger partial charge in [-0.05, 0) is 35.1 Å². The largest absolute Gasteiger partial charge is 0.352 e. The van der Waals surface area contributed by atoms with Gasteiger partial charge in [-0.15, -0.1) is 0 Å². The number of carbonyl (C=O) groups is 1. The quantitative estimate of drug-likeness (QED) is 0.864. The van der Waals surface area contributed by atoms with E-state index in [0.717, 1.165) is 6.42 Å². The van der Waals surface area contributed by atoms with Crippen LogP contribution in [0.25, 0.3) is 5.57 Å². The summed E-state index contributed by atoms with van der Waals surface area (Å²) in [5.41, 5.74) is 5.21. The Hall–Kier alpha value is -1.64. The third kappa shape index (κ3) is 2.38. The lowest BCUT2D eigenvalue weighted by Crippen LogP contribution is -2.22. The molecule has 1 aliphatic carbocycles. The lowest BCUT2D eigenvalue weighted by Gasteiger charge is -2.11. The lowest BCUT2D eigenvalue weighted by atomic mass is 9.98. The third-order valence-corrected chi connectivity index (χ3v) is 3.21. The van der Waals surface area contributed by atoms with Crippen LogP contribution in [0.1, 0.15) is 31.9 Å². The smallest absolute Gasteiger partial charge is 0.217 e. The summed E-state index contributed by atoms with van der Waals surface area (Å²) in [5, 5.41) is 2.90. The van der Waals surface area contributed by atoms with Crippen molar-refractivity contribution in [3.8, 4) is 0 Å². The summed E-state index contributed by atoms with van der Waals surface area (Å²) in [6.45, 7) is 6.57. The van der Waals surface area contributed by atoms with Crippen molar-refractivity contribution in [1.29, 1.82) is 0 Å². The maximum Gasteiger partial charge on any atom is 0.217 e. The molecule has 90 valence electrons. The van der Waals surface area contributed by atoms with Gasteiger partial charge < -0.3 is 5.32 Å². The van der Waals surface area contributed by atoms with Gasteiger partial charge in [0.05, 0.1) is 0 Å². The van der Waals surface area contributed by atoms with Crippen molar-refractivity contribution in [2.24, 2.45) is 5.92 Å². The fourth-order valence-electron chi connectivity index (χ4n) is 2.32. The zero-order chi connectivity index (χ0) is 12.4. The molecule has 2 rings (SSSR count). The van der Waals surface area contributed by atoms with Crippen LogP contribution < -0.4 is 5.32 Å². The normalized spacial score (nSPS) is 14.1. The monoisotopic (exact) mass is 230 g/mol. The molecular formula is C14H18N2O. The second kappa shape index (κ2) is 4.70. The summed E-state index contributed by atoms with van der Waals surface area (Å²) in [7, 11) is 0. The Kier molecular flexibility index (Phi) is 3.27. The van der Waals surface area contributed by atoms with E-state index < -0.39 is 0 Å². The Morgan fingerprint density at radius 1 is 1.53 bits per heavy atom. The molecule has 0 aromatic carbocycles.